The number of hydrogen-bond donors (Lipinski definition) is 1. The fraction of sp³-hybridized carbons (Fsp3) is 0.400. The van der Waals surface area contributed by atoms with Crippen molar-refractivity contribution in [2.75, 3.05) is 26.3 Å². The third-order valence-corrected chi connectivity index (χ3v) is 8.57. The molecule has 38 heavy (non-hydrogen) atoms. The lowest BCUT2D eigenvalue weighted by Gasteiger charge is -2.43. The minimum atomic E-state index is -0.648. The van der Waals surface area contributed by atoms with Crippen molar-refractivity contribution < 1.29 is 23.9 Å². The molecule has 0 aliphatic carbocycles. The molecule has 3 aliphatic rings. The van der Waals surface area contributed by atoms with Gasteiger partial charge in [-0.2, -0.15) is 0 Å². The molecule has 8 nitrogen and oxygen atoms in total. The first-order valence-electron chi connectivity index (χ1n) is 13.5. The number of benzene rings is 2. The summed E-state index contributed by atoms with van der Waals surface area (Å²) in [5.74, 6) is -0.259. The number of nitrogens with one attached hydrogen (secondary N) is 1. The van der Waals surface area contributed by atoms with Gasteiger partial charge < -0.3 is 19.3 Å². The van der Waals surface area contributed by atoms with Crippen molar-refractivity contribution in [1.82, 2.24) is 15.1 Å². The number of hydrogen-bond acceptors (Lipinski definition) is 6. The third-order valence-electron chi connectivity index (χ3n) is 8.57. The van der Waals surface area contributed by atoms with E-state index in [-0.39, 0.29) is 36.1 Å². The first-order chi connectivity index (χ1) is 18.1. The average molecular weight is 509 g/mol. The molecule has 2 saturated heterocycles. The summed E-state index contributed by atoms with van der Waals surface area (Å²) in [7, 11) is 10.9. The van der Waals surface area contributed by atoms with Gasteiger partial charge >= 0.3 is 0 Å². The largest absolute Gasteiger partial charge is 0.495 e. The lowest BCUT2D eigenvalue weighted by atomic mass is 9.53. The number of carbonyl (C=O) groups excluding carboxylic acids is 3. The van der Waals surface area contributed by atoms with E-state index in [0.717, 1.165) is 37.4 Å². The minimum absolute atomic E-state index is 0.110. The Kier molecular flexibility index (Phi) is 7.26. The Balaban J connectivity index is 1.37. The number of piperidine rings is 1. The summed E-state index contributed by atoms with van der Waals surface area (Å²) in [4.78, 5) is 41.3. The van der Waals surface area contributed by atoms with Gasteiger partial charge in [-0.15, -0.1) is 0 Å². The fourth-order valence-electron chi connectivity index (χ4n) is 6.16. The van der Waals surface area contributed by atoms with E-state index < -0.39 is 11.9 Å². The van der Waals surface area contributed by atoms with E-state index in [2.05, 4.69) is 53.7 Å². The van der Waals surface area contributed by atoms with E-state index in [1.54, 1.807) is 11.0 Å². The molecule has 2 aromatic carbocycles. The highest BCUT2D eigenvalue weighted by molar-refractivity contribution is 6.52. The van der Waals surface area contributed by atoms with Gasteiger partial charge in [-0.25, -0.2) is 0 Å². The van der Waals surface area contributed by atoms with Gasteiger partial charge in [0.15, 0.2) is 7.85 Å². The van der Waals surface area contributed by atoms with E-state index in [0.29, 0.717) is 17.7 Å². The van der Waals surface area contributed by atoms with E-state index in [1.807, 2.05) is 20.0 Å². The number of fused-ring (bicyclic) bond motifs is 1. The quantitative estimate of drug-likeness (QED) is 0.312. The Morgan fingerprint density at radius 2 is 1.79 bits per heavy atom. The molecular weight excluding hydrogens is 476 g/mol. The van der Waals surface area contributed by atoms with Crippen molar-refractivity contribution in [3.05, 3.63) is 52.6 Å². The molecule has 3 heterocycles. The third kappa shape index (κ3) is 4.71. The van der Waals surface area contributed by atoms with Gasteiger partial charge in [0.05, 0.1) is 25.8 Å². The van der Waals surface area contributed by atoms with Crippen molar-refractivity contribution in [2.45, 2.75) is 36.8 Å². The van der Waals surface area contributed by atoms with Crippen molar-refractivity contribution in [3.63, 3.8) is 0 Å². The summed E-state index contributed by atoms with van der Waals surface area (Å²) in [6, 6.07) is 8.98. The van der Waals surface area contributed by atoms with Crippen LogP contribution in [0, 0.1) is 0 Å². The Morgan fingerprint density at radius 3 is 2.50 bits per heavy atom. The minimum Gasteiger partial charge on any atom is -0.495 e. The van der Waals surface area contributed by atoms with Crippen LogP contribution in [0.2, 0.25) is 0 Å². The standard InChI is InChI=1S/C25H32B5N3O5/c26-20-14(4-5-16(21(20)27)25(29,30)32-8-10-37-11-9-32)22(28)38-18-3-1-2-13-15(18)12-33(24(13)36)17-6-7-19(34)31-23(17)35/h1-5,17,22H,6-12,26-30H2,(H,31,34,35). The summed E-state index contributed by atoms with van der Waals surface area (Å²) in [5, 5.41) is 2.25. The molecule has 0 aromatic heterocycles. The molecule has 13 heteroatoms. The molecule has 0 radical (unpaired) electrons. The SMILES string of the molecule is Bc1c(C(B)Oc2cccc3c2CN(C2CCC(=O)NC2=O)C3=O)ccc(C(B)(B)N2CCOCC2)c1B. The first-order valence-corrected chi connectivity index (χ1v) is 13.5. The number of amides is 3. The number of morpholine rings is 1. The molecule has 5 rings (SSSR count). The van der Waals surface area contributed by atoms with Gasteiger partial charge in [0.2, 0.25) is 11.8 Å². The summed E-state index contributed by atoms with van der Waals surface area (Å²) in [6.07, 6.45) is 0.566. The van der Waals surface area contributed by atoms with Crippen molar-refractivity contribution in [1.29, 1.82) is 0 Å². The zero-order valence-electron chi connectivity index (χ0n) is 22.9. The monoisotopic (exact) mass is 509 g/mol. The Labute approximate surface area is 228 Å². The van der Waals surface area contributed by atoms with Crippen LogP contribution in [0.25, 0.3) is 0 Å². The van der Waals surface area contributed by atoms with Crippen LogP contribution in [-0.2, 0) is 26.2 Å². The predicted molar refractivity (Wildman–Crippen MR) is 158 cm³/mol. The number of ether oxygens (including phenoxy) is 2. The Hall–Kier alpha value is -2.91. The van der Waals surface area contributed by atoms with Crippen LogP contribution in [0.5, 0.6) is 5.75 Å². The Bertz CT molecular complexity index is 1300. The van der Waals surface area contributed by atoms with Crippen LogP contribution in [0.15, 0.2) is 30.3 Å². The lowest BCUT2D eigenvalue weighted by Crippen LogP contribution is -2.55. The topological polar surface area (TPSA) is 88.2 Å². The van der Waals surface area contributed by atoms with Gasteiger partial charge in [0.25, 0.3) is 5.91 Å². The van der Waals surface area contributed by atoms with Crippen LogP contribution in [0.4, 0.5) is 0 Å². The maximum atomic E-state index is 13.2. The molecule has 2 unspecified atom stereocenters. The van der Waals surface area contributed by atoms with Crippen LogP contribution >= 0.6 is 0 Å². The van der Waals surface area contributed by atoms with Gasteiger partial charge in [0.1, 0.15) is 43.2 Å². The molecular formula is C25H32B5N3O5. The maximum Gasteiger partial charge on any atom is 0.255 e. The van der Waals surface area contributed by atoms with Crippen LogP contribution in [0.1, 0.15) is 45.9 Å². The summed E-state index contributed by atoms with van der Waals surface area (Å²) >= 11 is 0. The molecule has 3 aliphatic heterocycles. The zero-order chi connectivity index (χ0) is 27.2. The maximum absolute atomic E-state index is 13.2. The lowest BCUT2D eigenvalue weighted by molar-refractivity contribution is -0.136. The number of carbonyl (C=O) groups is 3. The van der Waals surface area contributed by atoms with Gasteiger partial charge in [-0.05, 0) is 29.5 Å². The highest BCUT2D eigenvalue weighted by atomic mass is 16.5. The summed E-state index contributed by atoms with van der Waals surface area (Å²) < 4.78 is 12.1. The van der Waals surface area contributed by atoms with E-state index in [9.17, 15) is 14.4 Å². The van der Waals surface area contributed by atoms with Crippen molar-refractivity contribution >= 4 is 67.9 Å². The normalized spacial score (nSPS) is 21.2. The second-order valence-corrected chi connectivity index (χ2v) is 11.1. The smallest absolute Gasteiger partial charge is 0.255 e. The second-order valence-electron chi connectivity index (χ2n) is 11.1. The zero-order valence-corrected chi connectivity index (χ0v) is 22.9. The van der Waals surface area contributed by atoms with Crippen molar-refractivity contribution in [3.8, 4) is 5.75 Å². The average Bonchev–Trinajstić information content (AvgIpc) is 3.23. The van der Waals surface area contributed by atoms with Crippen LogP contribution < -0.4 is 21.0 Å². The number of rotatable bonds is 6. The van der Waals surface area contributed by atoms with Crippen LogP contribution in [-0.4, -0.2) is 99.1 Å². The molecule has 192 valence electrons. The van der Waals surface area contributed by atoms with E-state index in [1.165, 1.54) is 16.5 Å². The van der Waals surface area contributed by atoms with Gasteiger partial charge in [-0.3, -0.25) is 19.7 Å². The molecule has 1 N–H and O–H groups in total. The predicted octanol–water partition coefficient (Wildman–Crippen LogP) is -4.62. The highest BCUT2D eigenvalue weighted by Crippen LogP contribution is 2.35. The van der Waals surface area contributed by atoms with Gasteiger partial charge in [0, 0.05) is 30.6 Å². The second kappa shape index (κ2) is 10.3. The van der Waals surface area contributed by atoms with E-state index >= 15 is 0 Å². The number of nitrogens with zero attached hydrogens (tertiary/aromatic N) is 2. The molecule has 0 saturated carbocycles. The fourth-order valence-corrected chi connectivity index (χ4v) is 6.16. The van der Waals surface area contributed by atoms with E-state index in [4.69, 9.17) is 9.47 Å². The Morgan fingerprint density at radius 1 is 1.05 bits per heavy atom. The highest BCUT2D eigenvalue weighted by Gasteiger charge is 2.40. The molecule has 2 atom stereocenters. The molecule has 0 spiro atoms. The van der Waals surface area contributed by atoms with Gasteiger partial charge in [-0.1, -0.05) is 34.7 Å². The van der Waals surface area contributed by atoms with Crippen molar-refractivity contribution in [2.24, 2.45) is 0 Å². The summed E-state index contributed by atoms with van der Waals surface area (Å²) in [5.41, 5.74) is 6.20. The molecule has 2 fully saturated rings. The number of imide groups is 1. The molecule has 2 aromatic rings. The molecule has 0 bridgehead atoms. The molecule has 3 amide bonds. The van der Waals surface area contributed by atoms with Crippen LogP contribution in [0.3, 0.4) is 0 Å². The summed E-state index contributed by atoms with van der Waals surface area (Å²) in [6.45, 7) is 3.64. The first kappa shape index (κ1) is 26.7.